The van der Waals surface area contributed by atoms with Crippen molar-refractivity contribution in [2.75, 3.05) is 12.4 Å². The highest BCUT2D eigenvalue weighted by atomic mass is 19.3. The number of nitrogens with one attached hydrogen (secondary N) is 2. The number of nitrogens with zero attached hydrogens (tertiary/aromatic N) is 1. The minimum Gasteiger partial charge on any atom is -0.493 e. The van der Waals surface area contributed by atoms with Crippen molar-refractivity contribution in [2.45, 2.75) is 13.2 Å². The number of hydrogen-bond acceptors (Lipinski definition) is 3. The smallest absolute Gasteiger partial charge is 0.387 e. The Kier molecular flexibility index (Phi) is 6.11. The molecule has 2 aromatic carbocycles. The fraction of sp³-hybridized carbons (Fsp3) is 0.150. The summed E-state index contributed by atoms with van der Waals surface area (Å²) >= 11 is 0. The molecular weight excluding hydrogens is 368 g/mol. The van der Waals surface area contributed by atoms with Crippen molar-refractivity contribution in [3.63, 3.8) is 0 Å². The molecule has 3 rings (SSSR count). The second-order valence-corrected chi connectivity index (χ2v) is 5.81. The predicted octanol–water partition coefficient (Wildman–Crippen LogP) is 4.41. The Labute approximate surface area is 160 Å². The highest BCUT2D eigenvalue weighted by Gasteiger charge is 2.12. The Morgan fingerprint density at radius 3 is 2.57 bits per heavy atom. The van der Waals surface area contributed by atoms with Crippen molar-refractivity contribution in [3.05, 3.63) is 72.6 Å². The summed E-state index contributed by atoms with van der Waals surface area (Å²) in [4.78, 5) is 12.2. The van der Waals surface area contributed by atoms with E-state index in [0.717, 1.165) is 5.69 Å². The molecule has 1 aromatic heterocycles. The molecule has 0 aliphatic rings. The lowest BCUT2D eigenvalue weighted by Gasteiger charge is -2.13. The number of methoxy groups -OCH3 is 1. The van der Waals surface area contributed by atoms with Crippen LogP contribution in [0.1, 0.15) is 5.56 Å². The lowest BCUT2D eigenvalue weighted by atomic mass is 10.2. The van der Waals surface area contributed by atoms with Gasteiger partial charge in [-0.05, 0) is 48.0 Å². The maximum Gasteiger partial charge on any atom is 0.387 e. The monoisotopic (exact) mass is 387 g/mol. The highest BCUT2D eigenvalue weighted by molar-refractivity contribution is 5.89. The predicted molar refractivity (Wildman–Crippen MR) is 101 cm³/mol. The molecule has 0 saturated carbocycles. The molecule has 6 nitrogen and oxygen atoms in total. The molecule has 0 radical (unpaired) electrons. The number of rotatable bonds is 7. The Hall–Kier alpha value is -3.55. The number of benzene rings is 2. The molecule has 2 amide bonds. The number of amides is 2. The van der Waals surface area contributed by atoms with Gasteiger partial charge in [-0.3, -0.25) is 0 Å². The third-order valence-corrected chi connectivity index (χ3v) is 3.90. The van der Waals surface area contributed by atoms with E-state index in [1.165, 1.54) is 19.2 Å². The van der Waals surface area contributed by atoms with E-state index in [9.17, 15) is 13.6 Å². The van der Waals surface area contributed by atoms with E-state index < -0.39 is 12.6 Å². The third kappa shape index (κ3) is 5.00. The van der Waals surface area contributed by atoms with E-state index in [4.69, 9.17) is 4.74 Å². The summed E-state index contributed by atoms with van der Waals surface area (Å²) < 4.78 is 36.3. The molecule has 0 saturated heterocycles. The minimum atomic E-state index is -2.96. The van der Waals surface area contributed by atoms with E-state index in [1.807, 2.05) is 47.3 Å². The van der Waals surface area contributed by atoms with Crippen LogP contribution in [0.5, 0.6) is 11.5 Å². The van der Waals surface area contributed by atoms with Crippen molar-refractivity contribution in [3.8, 4) is 17.2 Å². The van der Waals surface area contributed by atoms with Gasteiger partial charge in [0.15, 0.2) is 11.5 Å². The van der Waals surface area contributed by atoms with Gasteiger partial charge in [0.1, 0.15) is 0 Å². The van der Waals surface area contributed by atoms with Crippen LogP contribution in [-0.2, 0) is 6.54 Å². The van der Waals surface area contributed by atoms with Gasteiger partial charge in [-0.2, -0.15) is 8.78 Å². The zero-order valence-corrected chi connectivity index (χ0v) is 15.1. The van der Waals surface area contributed by atoms with E-state index in [0.29, 0.717) is 11.3 Å². The maximum absolute atomic E-state index is 12.5. The first-order chi connectivity index (χ1) is 13.5. The molecule has 1 heterocycles. The van der Waals surface area contributed by atoms with Crippen molar-refractivity contribution < 1.29 is 23.0 Å². The van der Waals surface area contributed by atoms with Gasteiger partial charge in [0, 0.05) is 30.3 Å². The normalized spacial score (nSPS) is 10.6. The number of halogens is 2. The Morgan fingerprint density at radius 2 is 1.86 bits per heavy atom. The van der Waals surface area contributed by atoms with Gasteiger partial charge in [-0.1, -0.05) is 12.1 Å². The van der Waals surface area contributed by atoms with Crippen molar-refractivity contribution in [1.82, 2.24) is 9.88 Å². The van der Waals surface area contributed by atoms with Gasteiger partial charge in [0.05, 0.1) is 7.11 Å². The summed E-state index contributed by atoms with van der Waals surface area (Å²) in [6, 6.07) is 15.3. The van der Waals surface area contributed by atoms with Crippen LogP contribution in [0.3, 0.4) is 0 Å². The summed E-state index contributed by atoms with van der Waals surface area (Å²) in [5, 5.41) is 5.42. The Bertz CT molecular complexity index is 930. The molecule has 0 aliphatic carbocycles. The van der Waals surface area contributed by atoms with Gasteiger partial charge in [0.25, 0.3) is 0 Å². The van der Waals surface area contributed by atoms with Crippen LogP contribution in [0.2, 0.25) is 0 Å². The Balaban J connectivity index is 1.61. The molecule has 0 atom stereocenters. The molecule has 2 N–H and O–H groups in total. The fourth-order valence-corrected chi connectivity index (χ4v) is 2.63. The number of aromatic nitrogens is 1. The van der Waals surface area contributed by atoms with E-state index in [2.05, 4.69) is 15.4 Å². The molecule has 0 unspecified atom stereocenters. The first-order valence-corrected chi connectivity index (χ1v) is 8.45. The van der Waals surface area contributed by atoms with Crippen molar-refractivity contribution in [1.29, 1.82) is 0 Å². The first kappa shape index (κ1) is 19.2. The maximum atomic E-state index is 12.5. The number of carbonyl (C=O) groups excluding carboxylic acids is 1. The molecule has 0 spiro atoms. The highest BCUT2D eigenvalue weighted by Crippen LogP contribution is 2.29. The topological polar surface area (TPSA) is 64.5 Å². The van der Waals surface area contributed by atoms with Gasteiger partial charge in [-0.15, -0.1) is 0 Å². The number of hydrogen-bond donors (Lipinski definition) is 2. The van der Waals surface area contributed by atoms with Crippen LogP contribution in [0.25, 0.3) is 5.69 Å². The van der Waals surface area contributed by atoms with Crippen LogP contribution in [0.4, 0.5) is 19.3 Å². The molecule has 8 heteroatoms. The molecule has 3 aromatic rings. The number of alkyl halides is 2. The van der Waals surface area contributed by atoms with Crippen LogP contribution in [0.15, 0.2) is 67.0 Å². The second-order valence-electron chi connectivity index (χ2n) is 5.81. The quantitative estimate of drug-likeness (QED) is 0.631. The lowest BCUT2D eigenvalue weighted by molar-refractivity contribution is -0.0512. The van der Waals surface area contributed by atoms with E-state index >= 15 is 0 Å². The van der Waals surface area contributed by atoms with Crippen molar-refractivity contribution >= 4 is 11.7 Å². The molecule has 146 valence electrons. The van der Waals surface area contributed by atoms with Crippen LogP contribution in [0, 0.1) is 0 Å². The number of carbonyl (C=O) groups is 1. The number of anilines is 1. The second kappa shape index (κ2) is 8.90. The fourth-order valence-electron chi connectivity index (χ4n) is 2.63. The minimum absolute atomic E-state index is 0.0865. The summed E-state index contributed by atoms with van der Waals surface area (Å²) in [5.74, 6) is 0.104. The number of ether oxygens (including phenoxy) is 2. The summed E-state index contributed by atoms with van der Waals surface area (Å²) in [6.07, 6.45) is 3.81. The molecule has 0 aliphatic heterocycles. The molecule has 28 heavy (non-hydrogen) atoms. The zero-order chi connectivity index (χ0) is 19.9. The molecule has 0 bridgehead atoms. The summed E-state index contributed by atoms with van der Waals surface area (Å²) in [6.45, 7) is -2.83. The van der Waals surface area contributed by atoms with E-state index in [1.54, 1.807) is 12.1 Å². The summed E-state index contributed by atoms with van der Waals surface area (Å²) in [7, 11) is 1.36. The standard InChI is InChI=1S/C20H19F2N3O3/c1-27-17-8-7-14(11-18(17)28-19(21)22)13-23-20(26)24-15-5-4-6-16(12-15)25-9-2-3-10-25/h2-12,19H,13H2,1H3,(H2,23,24,26). The molecular formula is C20H19F2N3O3. The van der Waals surface area contributed by atoms with Crippen LogP contribution >= 0.6 is 0 Å². The summed E-state index contributed by atoms with van der Waals surface area (Å²) in [5.41, 5.74) is 2.12. The Morgan fingerprint density at radius 1 is 1.07 bits per heavy atom. The zero-order valence-electron chi connectivity index (χ0n) is 15.1. The van der Waals surface area contributed by atoms with Crippen LogP contribution in [-0.4, -0.2) is 24.3 Å². The lowest BCUT2D eigenvalue weighted by Crippen LogP contribution is -2.28. The van der Waals surface area contributed by atoms with Gasteiger partial charge in [-0.25, -0.2) is 4.79 Å². The van der Waals surface area contributed by atoms with Gasteiger partial charge >= 0.3 is 12.6 Å². The largest absolute Gasteiger partial charge is 0.493 e. The van der Waals surface area contributed by atoms with Crippen molar-refractivity contribution in [2.24, 2.45) is 0 Å². The number of urea groups is 1. The SMILES string of the molecule is COc1ccc(CNC(=O)Nc2cccc(-n3cccc3)c2)cc1OC(F)F. The third-order valence-electron chi connectivity index (χ3n) is 3.90. The van der Waals surface area contributed by atoms with Crippen LogP contribution < -0.4 is 20.1 Å². The average molecular weight is 387 g/mol. The van der Waals surface area contributed by atoms with Gasteiger partial charge in [0.2, 0.25) is 0 Å². The molecule has 0 fully saturated rings. The first-order valence-electron chi connectivity index (χ1n) is 8.45. The van der Waals surface area contributed by atoms with E-state index in [-0.39, 0.29) is 18.0 Å². The van der Waals surface area contributed by atoms with Gasteiger partial charge < -0.3 is 24.7 Å². The average Bonchev–Trinajstić information content (AvgIpc) is 3.21.